The number of rotatable bonds is 4. The Morgan fingerprint density at radius 1 is 1.25 bits per heavy atom. The Bertz CT molecular complexity index is 541. The fourth-order valence-corrected chi connectivity index (χ4v) is 3.63. The van der Waals surface area contributed by atoms with E-state index in [9.17, 15) is 9.90 Å². The van der Waals surface area contributed by atoms with Crippen LogP contribution in [-0.4, -0.2) is 54.2 Å². The van der Waals surface area contributed by atoms with Crippen LogP contribution in [0, 0.1) is 0 Å². The Morgan fingerprint density at radius 2 is 2.04 bits per heavy atom. The highest BCUT2D eigenvalue weighted by molar-refractivity contribution is 5.94. The number of likely N-dealkylation sites (tertiary alicyclic amines) is 1. The van der Waals surface area contributed by atoms with Gasteiger partial charge >= 0.3 is 0 Å². The number of hydrogen-bond donors (Lipinski definition) is 3. The van der Waals surface area contributed by atoms with Gasteiger partial charge in [-0.25, -0.2) is 0 Å². The largest absolute Gasteiger partial charge is 0.390 e. The third kappa shape index (κ3) is 4.79. The van der Waals surface area contributed by atoms with Crippen molar-refractivity contribution in [2.45, 2.75) is 50.8 Å². The van der Waals surface area contributed by atoms with Crippen LogP contribution >= 0.6 is 0 Å². The highest BCUT2D eigenvalue weighted by Gasteiger charge is 2.24. The molecule has 1 amide bonds. The third-order valence-corrected chi connectivity index (χ3v) is 5.06. The van der Waals surface area contributed by atoms with Gasteiger partial charge in [0.1, 0.15) is 0 Å². The van der Waals surface area contributed by atoms with Crippen molar-refractivity contribution >= 4 is 5.91 Å². The van der Waals surface area contributed by atoms with E-state index in [0.717, 1.165) is 32.6 Å². The molecule has 2 heterocycles. The van der Waals surface area contributed by atoms with E-state index < -0.39 is 6.10 Å². The van der Waals surface area contributed by atoms with E-state index in [1.54, 1.807) is 0 Å². The second-order valence-electron chi connectivity index (χ2n) is 7.03. The number of β-amino-alcohol motifs (C(OH)–C–C–N with tert-alkyl or cyclic N) is 1. The van der Waals surface area contributed by atoms with Crippen LogP contribution in [0.3, 0.4) is 0 Å². The van der Waals surface area contributed by atoms with Crippen molar-refractivity contribution in [3.63, 3.8) is 0 Å². The molecule has 3 rings (SSSR count). The highest BCUT2D eigenvalue weighted by Crippen LogP contribution is 2.15. The minimum Gasteiger partial charge on any atom is -0.390 e. The van der Waals surface area contributed by atoms with Gasteiger partial charge in [-0.3, -0.25) is 9.69 Å². The predicted molar refractivity (Wildman–Crippen MR) is 94.9 cm³/mol. The summed E-state index contributed by atoms with van der Waals surface area (Å²) < 4.78 is 0. The summed E-state index contributed by atoms with van der Waals surface area (Å²) in [5.41, 5.74) is 1.88. The molecule has 1 aromatic rings. The zero-order valence-corrected chi connectivity index (χ0v) is 14.3. The van der Waals surface area contributed by atoms with E-state index >= 15 is 0 Å². The third-order valence-electron chi connectivity index (χ3n) is 5.06. The molecule has 3 N–H and O–H groups in total. The summed E-state index contributed by atoms with van der Waals surface area (Å²) in [6.45, 7) is 4.59. The molecule has 0 aliphatic carbocycles. The van der Waals surface area contributed by atoms with Crippen molar-refractivity contribution < 1.29 is 9.90 Å². The second-order valence-corrected chi connectivity index (χ2v) is 7.03. The molecule has 0 radical (unpaired) electrons. The average molecular weight is 331 g/mol. The lowest BCUT2D eigenvalue weighted by Gasteiger charge is -2.29. The molecule has 5 nitrogen and oxygen atoms in total. The molecule has 2 saturated heterocycles. The van der Waals surface area contributed by atoms with Crippen LogP contribution in [-0.2, 0) is 6.54 Å². The average Bonchev–Trinajstić information content (AvgIpc) is 2.86. The molecule has 1 aromatic carbocycles. The summed E-state index contributed by atoms with van der Waals surface area (Å²) in [7, 11) is 0. The number of aliphatic hydroxyl groups excluding tert-OH is 1. The molecule has 0 saturated carbocycles. The van der Waals surface area contributed by atoms with E-state index in [2.05, 4.69) is 21.6 Å². The standard InChI is InChI=1S/C19H29N3O2/c23-18-13-20-9-8-17(18)21-19(24)16-7-5-6-15(12-16)14-22-10-3-1-2-4-11-22/h5-7,12,17-18,20,23H,1-4,8-11,13-14H2,(H,21,24). The molecule has 2 aliphatic heterocycles. The van der Waals surface area contributed by atoms with Crippen LogP contribution < -0.4 is 10.6 Å². The van der Waals surface area contributed by atoms with Crippen LogP contribution in [0.15, 0.2) is 24.3 Å². The van der Waals surface area contributed by atoms with Gasteiger partial charge in [0.2, 0.25) is 0 Å². The molecule has 2 aliphatic rings. The number of piperidine rings is 1. The quantitative estimate of drug-likeness (QED) is 0.783. The lowest BCUT2D eigenvalue weighted by Crippen LogP contribution is -2.52. The van der Waals surface area contributed by atoms with Gasteiger partial charge in [0.05, 0.1) is 12.1 Å². The normalized spacial score (nSPS) is 25.9. The number of nitrogens with one attached hydrogen (secondary N) is 2. The Kier molecular flexibility index (Phi) is 6.24. The maximum absolute atomic E-state index is 12.5. The molecule has 2 unspecified atom stereocenters. The van der Waals surface area contributed by atoms with Gasteiger partial charge in [-0.05, 0) is 56.6 Å². The number of aliphatic hydroxyl groups is 1. The van der Waals surface area contributed by atoms with Crippen LogP contribution in [0.1, 0.15) is 48.0 Å². The topological polar surface area (TPSA) is 64.6 Å². The lowest BCUT2D eigenvalue weighted by molar-refractivity contribution is 0.0765. The first-order valence-corrected chi connectivity index (χ1v) is 9.23. The van der Waals surface area contributed by atoms with Crippen molar-refractivity contribution in [2.24, 2.45) is 0 Å². The molecular weight excluding hydrogens is 302 g/mol. The molecule has 0 spiro atoms. The first-order chi connectivity index (χ1) is 11.7. The van der Waals surface area contributed by atoms with Gasteiger partial charge in [0.25, 0.3) is 5.91 Å². The molecule has 2 fully saturated rings. The minimum absolute atomic E-state index is 0.0846. The summed E-state index contributed by atoms with van der Waals surface area (Å²) >= 11 is 0. The zero-order valence-electron chi connectivity index (χ0n) is 14.3. The minimum atomic E-state index is -0.511. The van der Waals surface area contributed by atoms with E-state index in [1.165, 1.54) is 31.2 Å². The Hall–Kier alpha value is -1.43. The van der Waals surface area contributed by atoms with Gasteiger partial charge in [-0.2, -0.15) is 0 Å². The van der Waals surface area contributed by atoms with Crippen molar-refractivity contribution in [3.05, 3.63) is 35.4 Å². The number of carbonyl (C=O) groups is 1. The molecule has 5 heteroatoms. The van der Waals surface area contributed by atoms with Gasteiger partial charge in [-0.15, -0.1) is 0 Å². The van der Waals surface area contributed by atoms with Crippen LogP contribution in [0.4, 0.5) is 0 Å². The number of nitrogens with zero attached hydrogens (tertiary/aromatic N) is 1. The molecular formula is C19H29N3O2. The lowest BCUT2D eigenvalue weighted by atomic mass is 10.0. The number of carbonyl (C=O) groups excluding carboxylic acids is 1. The fraction of sp³-hybridized carbons (Fsp3) is 0.632. The summed E-state index contributed by atoms with van der Waals surface area (Å²) in [5, 5.41) is 16.1. The van der Waals surface area contributed by atoms with Crippen LogP contribution in [0.5, 0.6) is 0 Å². The van der Waals surface area contributed by atoms with Crippen LogP contribution in [0.2, 0.25) is 0 Å². The monoisotopic (exact) mass is 331 g/mol. The summed E-state index contributed by atoms with van der Waals surface area (Å²) in [5.74, 6) is -0.0846. The Morgan fingerprint density at radius 3 is 2.79 bits per heavy atom. The maximum Gasteiger partial charge on any atom is 0.251 e. The van der Waals surface area contributed by atoms with Gasteiger partial charge in [0, 0.05) is 18.7 Å². The molecule has 0 bridgehead atoms. The highest BCUT2D eigenvalue weighted by atomic mass is 16.3. The smallest absolute Gasteiger partial charge is 0.251 e. The number of benzene rings is 1. The molecule has 24 heavy (non-hydrogen) atoms. The van der Waals surface area contributed by atoms with E-state index in [0.29, 0.717) is 12.1 Å². The molecule has 132 valence electrons. The first kappa shape index (κ1) is 17.4. The van der Waals surface area contributed by atoms with E-state index in [1.807, 2.05) is 18.2 Å². The maximum atomic E-state index is 12.5. The Labute approximate surface area is 144 Å². The summed E-state index contributed by atoms with van der Waals surface area (Å²) in [6.07, 6.45) is 5.46. The second kappa shape index (κ2) is 8.60. The van der Waals surface area contributed by atoms with Crippen molar-refractivity contribution in [1.82, 2.24) is 15.5 Å². The first-order valence-electron chi connectivity index (χ1n) is 9.23. The molecule has 2 atom stereocenters. The predicted octanol–water partition coefficient (Wildman–Crippen LogP) is 1.52. The van der Waals surface area contributed by atoms with Gasteiger partial charge in [-0.1, -0.05) is 25.0 Å². The summed E-state index contributed by atoms with van der Waals surface area (Å²) in [4.78, 5) is 15.0. The van der Waals surface area contributed by atoms with Crippen LogP contribution in [0.25, 0.3) is 0 Å². The van der Waals surface area contributed by atoms with E-state index in [4.69, 9.17) is 0 Å². The Balaban J connectivity index is 1.60. The zero-order chi connectivity index (χ0) is 16.8. The van der Waals surface area contributed by atoms with E-state index in [-0.39, 0.29) is 11.9 Å². The molecule has 0 aromatic heterocycles. The van der Waals surface area contributed by atoms with Crippen molar-refractivity contribution in [3.8, 4) is 0 Å². The number of hydrogen-bond acceptors (Lipinski definition) is 4. The number of amides is 1. The van der Waals surface area contributed by atoms with Gasteiger partial charge in [0.15, 0.2) is 0 Å². The van der Waals surface area contributed by atoms with Crippen molar-refractivity contribution in [1.29, 1.82) is 0 Å². The van der Waals surface area contributed by atoms with Crippen molar-refractivity contribution in [2.75, 3.05) is 26.2 Å². The van der Waals surface area contributed by atoms with Gasteiger partial charge < -0.3 is 15.7 Å². The SMILES string of the molecule is O=C(NC1CCNCC1O)c1cccc(CN2CCCCCC2)c1. The fourth-order valence-electron chi connectivity index (χ4n) is 3.63. The summed E-state index contributed by atoms with van der Waals surface area (Å²) in [6, 6.07) is 7.75.